The predicted octanol–water partition coefficient (Wildman–Crippen LogP) is 7.33. The van der Waals surface area contributed by atoms with Gasteiger partial charge in [-0.1, -0.05) is 79.7 Å². The highest BCUT2D eigenvalue weighted by Gasteiger charge is 2.16. The smallest absolute Gasteiger partial charge is 0.0114 e. The van der Waals surface area contributed by atoms with Gasteiger partial charge in [-0.15, -0.1) is 0 Å². The molecule has 0 heteroatoms. The molecule has 0 fully saturated rings. The number of hydrogen-bond acceptors (Lipinski definition) is 0. The molecule has 0 radical (unpaired) electrons. The molecule has 2 aromatic rings. The minimum atomic E-state index is 0.559. The number of rotatable bonds is 4. The Bertz CT molecular complexity index is 603. The van der Waals surface area contributed by atoms with Gasteiger partial charge in [0, 0.05) is 0 Å². The molecule has 0 aliphatic carbocycles. The van der Waals surface area contributed by atoms with Crippen LogP contribution in [0, 0.1) is 0 Å². The Morgan fingerprint density at radius 2 is 0.864 bits per heavy atom. The van der Waals surface area contributed by atoms with Gasteiger partial charge in [0.25, 0.3) is 0 Å². The average Bonchev–Trinajstić information content (AvgIpc) is 2.43. The molecule has 0 aliphatic heterocycles. The van der Waals surface area contributed by atoms with Crippen molar-refractivity contribution in [2.75, 3.05) is 0 Å². The zero-order valence-corrected chi connectivity index (χ0v) is 15.6. The third kappa shape index (κ3) is 3.21. The predicted molar refractivity (Wildman–Crippen MR) is 100 cm³/mol. The fourth-order valence-electron chi connectivity index (χ4n) is 3.21. The van der Waals surface area contributed by atoms with E-state index in [2.05, 4.69) is 79.7 Å². The van der Waals surface area contributed by atoms with Crippen LogP contribution in [0.4, 0.5) is 0 Å². The summed E-state index contributed by atoms with van der Waals surface area (Å²) in [6.07, 6.45) is 0. The molecular formula is C22H32. The van der Waals surface area contributed by atoms with E-state index in [1.54, 1.807) is 0 Å². The minimum absolute atomic E-state index is 0.559. The lowest BCUT2D eigenvalue weighted by Crippen LogP contribution is -2.01. The second-order valence-electron chi connectivity index (χ2n) is 7.94. The second kappa shape index (κ2) is 6.44. The van der Waals surface area contributed by atoms with Crippen LogP contribution in [0.3, 0.4) is 0 Å². The largest absolute Gasteiger partial charge is 0.0587 e. The summed E-state index contributed by atoms with van der Waals surface area (Å²) in [7, 11) is 0. The van der Waals surface area contributed by atoms with E-state index in [9.17, 15) is 0 Å². The molecule has 0 amide bonds. The molecule has 120 valence electrons. The number of fused-ring (bicyclic) bond motifs is 1. The molecular weight excluding hydrogens is 264 g/mol. The standard InChI is InChI=1S/C22H32/c1-13(2)17-9-19-10-18(14(3)4)12-21(16(7)8)22(19)20(11-17)15(5)6/h9-16H,1-8H3. The first kappa shape index (κ1) is 17.1. The fourth-order valence-corrected chi connectivity index (χ4v) is 3.21. The van der Waals surface area contributed by atoms with Crippen LogP contribution in [0.5, 0.6) is 0 Å². The summed E-state index contributed by atoms with van der Waals surface area (Å²) in [5.41, 5.74) is 5.96. The molecule has 0 nitrogen and oxygen atoms in total. The van der Waals surface area contributed by atoms with Crippen molar-refractivity contribution in [1.29, 1.82) is 0 Å². The van der Waals surface area contributed by atoms with Crippen molar-refractivity contribution in [1.82, 2.24) is 0 Å². The van der Waals surface area contributed by atoms with Gasteiger partial charge in [0.1, 0.15) is 0 Å². The van der Waals surface area contributed by atoms with E-state index < -0.39 is 0 Å². The monoisotopic (exact) mass is 296 g/mol. The molecule has 0 bridgehead atoms. The molecule has 22 heavy (non-hydrogen) atoms. The van der Waals surface area contributed by atoms with Crippen molar-refractivity contribution in [3.05, 3.63) is 46.5 Å². The molecule has 2 rings (SSSR count). The highest BCUT2D eigenvalue weighted by molar-refractivity contribution is 5.91. The van der Waals surface area contributed by atoms with Crippen LogP contribution in [0.2, 0.25) is 0 Å². The lowest BCUT2D eigenvalue weighted by atomic mass is 9.83. The zero-order chi connectivity index (χ0) is 16.6. The van der Waals surface area contributed by atoms with Gasteiger partial charge < -0.3 is 0 Å². The summed E-state index contributed by atoms with van der Waals surface area (Å²) in [6, 6.07) is 9.73. The van der Waals surface area contributed by atoms with Gasteiger partial charge in [-0.25, -0.2) is 0 Å². The van der Waals surface area contributed by atoms with Crippen molar-refractivity contribution in [3.8, 4) is 0 Å². The summed E-state index contributed by atoms with van der Waals surface area (Å²) in [5.74, 6) is 2.27. The van der Waals surface area contributed by atoms with Crippen LogP contribution >= 0.6 is 0 Å². The van der Waals surface area contributed by atoms with Gasteiger partial charge in [0.15, 0.2) is 0 Å². The van der Waals surface area contributed by atoms with Crippen molar-refractivity contribution < 1.29 is 0 Å². The third-order valence-corrected chi connectivity index (χ3v) is 4.73. The Hall–Kier alpha value is -1.30. The van der Waals surface area contributed by atoms with E-state index in [0.29, 0.717) is 23.7 Å². The maximum atomic E-state index is 2.44. The molecule has 0 unspecified atom stereocenters. The molecule has 0 aliphatic rings. The topological polar surface area (TPSA) is 0 Å². The quantitative estimate of drug-likeness (QED) is 0.554. The molecule has 0 N–H and O–H groups in total. The van der Waals surface area contributed by atoms with Crippen molar-refractivity contribution >= 4 is 10.8 Å². The van der Waals surface area contributed by atoms with Crippen LogP contribution < -0.4 is 0 Å². The fraction of sp³-hybridized carbons (Fsp3) is 0.545. The third-order valence-electron chi connectivity index (χ3n) is 4.73. The molecule has 0 atom stereocenters. The summed E-state index contributed by atoms with van der Waals surface area (Å²) in [4.78, 5) is 0. The Labute approximate surface area is 136 Å². The molecule has 0 saturated heterocycles. The van der Waals surface area contributed by atoms with Crippen molar-refractivity contribution in [2.45, 2.75) is 79.1 Å². The van der Waals surface area contributed by atoms with Crippen LogP contribution in [-0.4, -0.2) is 0 Å². The van der Waals surface area contributed by atoms with E-state index in [1.165, 1.54) is 33.0 Å². The lowest BCUT2D eigenvalue weighted by Gasteiger charge is -2.21. The van der Waals surface area contributed by atoms with Gasteiger partial charge in [-0.05, 0) is 56.7 Å². The number of hydrogen-bond donors (Lipinski definition) is 0. The summed E-state index contributed by atoms with van der Waals surface area (Å²) in [6.45, 7) is 18.4. The highest BCUT2D eigenvalue weighted by atomic mass is 14.2. The van der Waals surface area contributed by atoms with E-state index in [-0.39, 0.29) is 0 Å². The van der Waals surface area contributed by atoms with E-state index >= 15 is 0 Å². The SMILES string of the molecule is CC(C)c1cc(C(C)C)c2c(C(C)C)cc(C(C)C)cc2c1. The normalized spacial score (nSPS) is 12.4. The lowest BCUT2D eigenvalue weighted by molar-refractivity contribution is 0.825. The van der Waals surface area contributed by atoms with E-state index in [0.717, 1.165) is 0 Å². The Morgan fingerprint density at radius 1 is 0.500 bits per heavy atom. The first-order valence-corrected chi connectivity index (χ1v) is 8.83. The van der Waals surface area contributed by atoms with Crippen molar-refractivity contribution in [2.24, 2.45) is 0 Å². The Kier molecular flexibility index (Phi) is 5.00. The minimum Gasteiger partial charge on any atom is -0.0587 e. The van der Waals surface area contributed by atoms with Crippen LogP contribution in [-0.2, 0) is 0 Å². The number of benzene rings is 2. The van der Waals surface area contributed by atoms with Gasteiger partial charge in [0.05, 0.1) is 0 Å². The molecule has 0 aromatic heterocycles. The van der Waals surface area contributed by atoms with Crippen LogP contribution in [0.15, 0.2) is 24.3 Å². The molecule has 0 heterocycles. The maximum Gasteiger partial charge on any atom is -0.0114 e. The molecule has 2 aromatic carbocycles. The summed E-state index contributed by atoms with van der Waals surface area (Å²) >= 11 is 0. The first-order chi connectivity index (χ1) is 10.2. The van der Waals surface area contributed by atoms with Crippen molar-refractivity contribution in [3.63, 3.8) is 0 Å². The van der Waals surface area contributed by atoms with Crippen LogP contribution in [0.1, 0.15) is 101 Å². The summed E-state index contributed by atoms with van der Waals surface area (Å²) < 4.78 is 0. The Balaban J connectivity index is 2.90. The first-order valence-electron chi connectivity index (χ1n) is 8.83. The average molecular weight is 296 g/mol. The molecule has 0 saturated carbocycles. The maximum absolute atomic E-state index is 2.44. The van der Waals surface area contributed by atoms with Gasteiger partial charge >= 0.3 is 0 Å². The van der Waals surface area contributed by atoms with Gasteiger partial charge in [-0.3, -0.25) is 0 Å². The van der Waals surface area contributed by atoms with Gasteiger partial charge in [-0.2, -0.15) is 0 Å². The zero-order valence-electron chi connectivity index (χ0n) is 15.6. The summed E-state index contributed by atoms with van der Waals surface area (Å²) in [5, 5.41) is 2.93. The Morgan fingerprint density at radius 3 is 1.14 bits per heavy atom. The molecule has 0 spiro atoms. The van der Waals surface area contributed by atoms with Gasteiger partial charge in [0.2, 0.25) is 0 Å². The second-order valence-corrected chi connectivity index (χ2v) is 7.94. The van der Waals surface area contributed by atoms with E-state index in [4.69, 9.17) is 0 Å². The highest BCUT2D eigenvalue weighted by Crippen LogP contribution is 2.37. The van der Waals surface area contributed by atoms with Crippen LogP contribution in [0.25, 0.3) is 10.8 Å². The van der Waals surface area contributed by atoms with E-state index in [1.807, 2.05) is 0 Å².